The van der Waals surface area contributed by atoms with Crippen LogP contribution in [0.15, 0.2) is 34.2 Å². The van der Waals surface area contributed by atoms with Gasteiger partial charge >= 0.3 is 0 Å². The topological polar surface area (TPSA) is 61.2 Å². The second-order valence-corrected chi connectivity index (χ2v) is 8.42. The molecule has 0 bridgehead atoms. The molecule has 0 N–H and O–H groups in total. The van der Waals surface area contributed by atoms with Crippen molar-refractivity contribution in [2.45, 2.75) is 39.4 Å². The Kier molecular flexibility index (Phi) is 6.01. The Morgan fingerprint density at radius 3 is 2.74 bits per heavy atom. The van der Waals surface area contributed by atoms with E-state index in [4.69, 9.17) is 9.72 Å². The van der Waals surface area contributed by atoms with Crippen LogP contribution in [0.5, 0.6) is 5.75 Å². The van der Waals surface area contributed by atoms with Crippen LogP contribution in [0.4, 0.5) is 0 Å². The van der Waals surface area contributed by atoms with E-state index in [0.717, 1.165) is 20.7 Å². The van der Waals surface area contributed by atoms with Gasteiger partial charge in [0.25, 0.3) is 5.56 Å². The number of benzene rings is 1. The van der Waals surface area contributed by atoms with E-state index in [1.165, 1.54) is 18.7 Å². The summed E-state index contributed by atoms with van der Waals surface area (Å²) in [5.74, 6) is 1.20. The third kappa shape index (κ3) is 3.94. The Balaban J connectivity index is 1.76. The van der Waals surface area contributed by atoms with Crippen molar-refractivity contribution in [3.63, 3.8) is 0 Å². The van der Waals surface area contributed by atoms with Gasteiger partial charge in [-0.1, -0.05) is 23.9 Å². The summed E-state index contributed by atoms with van der Waals surface area (Å²) in [7, 11) is 0. The highest BCUT2D eigenvalue weighted by atomic mass is 32.2. The molecule has 0 fully saturated rings. The van der Waals surface area contributed by atoms with Gasteiger partial charge in [-0.25, -0.2) is 4.98 Å². The molecule has 0 atom stereocenters. The number of aryl methyl sites for hydroxylation is 2. The quantitative estimate of drug-likeness (QED) is 0.253. The van der Waals surface area contributed by atoms with Crippen LogP contribution in [0.2, 0.25) is 0 Å². The third-order valence-electron chi connectivity index (χ3n) is 4.41. The molecule has 1 aromatic carbocycles. The summed E-state index contributed by atoms with van der Waals surface area (Å²) in [6.45, 7) is 8.48. The highest BCUT2D eigenvalue weighted by Crippen LogP contribution is 2.28. The molecule has 0 aliphatic heterocycles. The van der Waals surface area contributed by atoms with E-state index in [2.05, 4.69) is 0 Å². The Morgan fingerprint density at radius 1 is 1.30 bits per heavy atom. The number of thioether (sulfide) groups is 1. The van der Waals surface area contributed by atoms with Crippen LogP contribution in [-0.4, -0.2) is 27.7 Å². The van der Waals surface area contributed by atoms with E-state index in [1.54, 1.807) is 28.0 Å². The van der Waals surface area contributed by atoms with Crippen molar-refractivity contribution < 1.29 is 9.53 Å². The van der Waals surface area contributed by atoms with E-state index < -0.39 is 0 Å². The molecule has 3 rings (SSSR count). The lowest BCUT2D eigenvalue weighted by Crippen LogP contribution is -2.22. The van der Waals surface area contributed by atoms with Crippen LogP contribution in [0, 0.1) is 13.8 Å². The molecule has 7 heteroatoms. The number of fused-ring (bicyclic) bond motifs is 1. The first-order chi connectivity index (χ1) is 12.9. The smallest absolute Gasteiger partial charge is 0.263 e. The number of rotatable bonds is 7. The summed E-state index contributed by atoms with van der Waals surface area (Å²) in [4.78, 5) is 31.1. The van der Waals surface area contributed by atoms with Crippen molar-refractivity contribution in [2.24, 2.45) is 0 Å². The number of thiophene rings is 1. The van der Waals surface area contributed by atoms with Gasteiger partial charge in [0.1, 0.15) is 10.6 Å². The number of ketones is 1. The molecular weight excluding hydrogens is 380 g/mol. The van der Waals surface area contributed by atoms with Crippen molar-refractivity contribution in [1.29, 1.82) is 0 Å². The molecule has 0 unspecified atom stereocenters. The zero-order valence-corrected chi connectivity index (χ0v) is 17.5. The number of aromatic nitrogens is 2. The second-order valence-electron chi connectivity index (χ2n) is 6.16. The Bertz CT molecular complexity index is 1050. The van der Waals surface area contributed by atoms with Crippen molar-refractivity contribution in [3.8, 4) is 5.75 Å². The molecule has 27 heavy (non-hydrogen) atoms. The fourth-order valence-electron chi connectivity index (χ4n) is 2.87. The maximum Gasteiger partial charge on any atom is 0.263 e. The summed E-state index contributed by atoms with van der Waals surface area (Å²) in [6.07, 6.45) is 0. The van der Waals surface area contributed by atoms with Crippen molar-refractivity contribution in [1.82, 2.24) is 9.55 Å². The minimum absolute atomic E-state index is 0.0198. The molecule has 0 spiro atoms. The van der Waals surface area contributed by atoms with E-state index >= 15 is 0 Å². The maximum absolute atomic E-state index is 12.8. The fraction of sp³-hybridized carbons (Fsp3) is 0.350. The monoisotopic (exact) mass is 402 g/mol. The van der Waals surface area contributed by atoms with Crippen molar-refractivity contribution in [3.05, 3.63) is 50.6 Å². The largest absolute Gasteiger partial charge is 0.492 e. The molecule has 0 aliphatic rings. The predicted molar refractivity (Wildman–Crippen MR) is 112 cm³/mol. The fourth-order valence-corrected chi connectivity index (χ4v) is 4.82. The Labute approximate surface area is 166 Å². The number of carbonyl (C=O) groups is 1. The average molecular weight is 403 g/mol. The van der Waals surface area contributed by atoms with Gasteiger partial charge in [-0.05, 0) is 45.4 Å². The first kappa shape index (κ1) is 19.6. The van der Waals surface area contributed by atoms with Gasteiger partial charge in [0, 0.05) is 17.2 Å². The first-order valence-electron chi connectivity index (χ1n) is 8.80. The molecular formula is C20H22N2O3S2. The molecule has 5 nitrogen and oxygen atoms in total. The van der Waals surface area contributed by atoms with E-state index in [-0.39, 0.29) is 11.3 Å². The second kappa shape index (κ2) is 8.27. The molecule has 3 aromatic rings. The van der Waals surface area contributed by atoms with Gasteiger partial charge in [-0.3, -0.25) is 14.2 Å². The van der Waals surface area contributed by atoms with Gasteiger partial charge in [0.15, 0.2) is 10.9 Å². The molecule has 0 radical (unpaired) electrons. The number of hydrogen-bond acceptors (Lipinski definition) is 6. The molecule has 142 valence electrons. The number of hydrogen-bond donors (Lipinski definition) is 0. The number of ether oxygens (including phenoxy) is 1. The molecule has 0 amide bonds. The van der Waals surface area contributed by atoms with Gasteiger partial charge in [0.2, 0.25) is 0 Å². The molecule has 2 aromatic heterocycles. The van der Waals surface area contributed by atoms with Crippen molar-refractivity contribution >= 4 is 39.1 Å². The lowest BCUT2D eigenvalue weighted by molar-refractivity contribution is 0.101. The van der Waals surface area contributed by atoms with E-state index in [9.17, 15) is 9.59 Å². The highest BCUT2D eigenvalue weighted by Gasteiger charge is 2.16. The summed E-state index contributed by atoms with van der Waals surface area (Å²) >= 11 is 3.06. The Morgan fingerprint density at radius 2 is 2.04 bits per heavy atom. The summed E-state index contributed by atoms with van der Waals surface area (Å²) < 4.78 is 7.50. The van der Waals surface area contributed by atoms with Crippen LogP contribution in [-0.2, 0) is 6.54 Å². The zero-order valence-electron chi connectivity index (χ0n) is 15.9. The first-order valence-corrected chi connectivity index (χ1v) is 10.6. The minimum atomic E-state index is -0.0198. The van der Waals surface area contributed by atoms with E-state index in [1.807, 2.05) is 32.9 Å². The van der Waals surface area contributed by atoms with Crippen LogP contribution in [0.3, 0.4) is 0 Å². The molecule has 0 saturated heterocycles. The minimum Gasteiger partial charge on any atom is -0.492 e. The van der Waals surface area contributed by atoms with Gasteiger partial charge in [0.05, 0.1) is 17.6 Å². The van der Waals surface area contributed by atoms with Crippen LogP contribution in [0.25, 0.3) is 10.2 Å². The number of Topliss-reactive ketones (excluding diaryl/α,β-unsaturated/α-hetero) is 1. The van der Waals surface area contributed by atoms with Gasteiger partial charge in [-0.2, -0.15) is 0 Å². The lowest BCUT2D eigenvalue weighted by atomic mass is 10.1. The molecule has 0 aliphatic carbocycles. The molecule has 2 heterocycles. The Hall–Kier alpha value is -2.12. The molecule has 0 saturated carbocycles. The highest BCUT2D eigenvalue weighted by molar-refractivity contribution is 7.99. The number of para-hydroxylation sites is 1. The van der Waals surface area contributed by atoms with Crippen LogP contribution >= 0.6 is 23.1 Å². The van der Waals surface area contributed by atoms with Crippen LogP contribution in [0.1, 0.15) is 34.6 Å². The zero-order chi connectivity index (χ0) is 19.6. The summed E-state index contributed by atoms with van der Waals surface area (Å²) in [5, 5.41) is 1.44. The maximum atomic E-state index is 12.8. The lowest BCUT2D eigenvalue weighted by Gasteiger charge is -2.11. The summed E-state index contributed by atoms with van der Waals surface area (Å²) in [6, 6.07) is 7.23. The number of carbonyl (C=O) groups excluding carboxylic acids is 1. The van der Waals surface area contributed by atoms with Gasteiger partial charge < -0.3 is 4.74 Å². The third-order valence-corrected chi connectivity index (χ3v) is 6.45. The SMILES string of the molecule is CCn1c(SCCOc2ccccc2C(C)=O)nc2sc(C)c(C)c2c1=O. The predicted octanol–water partition coefficient (Wildman–Crippen LogP) is 4.47. The summed E-state index contributed by atoms with van der Waals surface area (Å²) in [5.41, 5.74) is 1.63. The average Bonchev–Trinajstić information content (AvgIpc) is 2.93. The standard InChI is InChI=1S/C20H22N2O3S2/c1-5-22-19(24)17-12(2)14(4)27-18(17)21-20(22)26-11-10-25-16-9-7-6-8-15(16)13(3)23/h6-9H,5,10-11H2,1-4H3. The van der Waals surface area contributed by atoms with Crippen LogP contribution < -0.4 is 10.3 Å². The van der Waals surface area contributed by atoms with Crippen molar-refractivity contribution in [2.75, 3.05) is 12.4 Å². The van der Waals surface area contributed by atoms with E-state index in [0.29, 0.717) is 35.4 Å². The van der Waals surface area contributed by atoms with Gasteiger partial charge in [-0.15, -0.1) is 11.3 Å². The number of nitrogens with zero attached hydrogens (tertiary/aromatic N) is 2. The normalized spacial score (nSPS) is 11.1.